The largest absolute Gasteiger partial charge is 0.387 e. The molecule has 45 heavy (non-hydrogen) atoms. The van der Waals surface area contributed by atoms with Crippen LogP contribution in [0.5, 0.6) is 0 Å². The lowest BCUT2D eigenvalue weighted by molar-refractivity contribution is -0.241. The van der Waals surface area contributed by atoms with Crippen molar-refractivity contribution in [3.05, 3.63) is 108 Å². The minimum Gasteiger partial charge on any atom is -0.387 e. The van der Waals surface area contributed by atoms with Crippen molar-refractivity contribution in [2.45, 2.75) is 76.4 Å². The van der Waals surface area contributed by atoms with Crippen molar-refractivity contribution in [2.24, 2.45) is 0 Å². The number of aliphatic hydroxyl groups excluding tert-OH is 1. The van der Waals surface area contributed by atoms with Crippen molar-refractivity contribution in [2.75, 3.05) is 32.8 Å². The average molecular weight is 619 g/mol. The van der Waals surface area contributed by atoms with E-state index >= 15 is 0 Å². The Bertz CT molecular complexity index is 1320. The van der Waals surface area contributed by atoms with E-state index in [4.69, 9.17) is 23.7 Å². The Morgan fingerprint density at radius 2 is 1.38 bits per heavy atom. The van der Waals surface area contributed by atoms with E-state index in [2.05, 4.69) is 5.32 Å². The van der Waals surface area contributed by atoms with Crippen LogP contribution >= 0.6 is 0 Å². The van der Waals surface area contributed by atoms with E-state index < -0.39 is 35.8 Å². The summed E-state index contributed by atoms with van der Waals surface area (Å²) in [4.78, 5) is 15.9. The number of hydrogen-bond donors (Lipinski definition) is 2. The Kier molecular flexibility index (Phi) is 11.4. The minimum atomic E-state index is -1.42. The van der Waals surface area contributed by atoms with Crippen LogP contribution in [0.25, 0.3) is 0 Å². The zero-order valence-electron chi connectivity index (χ0n) is 26.5. The summed E-state index contributed by atoms with van der Waals surface area (Å²) >= 11 is 0. The van der Waals surface area contributed by atoms with Crippen LogP contribution in [-0.4, -0.2) is 84.5 Å². The topological polar surface area (TPSA) is 98.7 Å². The molecular formula is C36H46N2O7. The molecule has 0 unspecified atom stereocenters. The molecule has 2 heterocycles. The molecule has 242 valence electrons. The number of nitrogens with one attached hydrogen (secondary N) is 1. The Balaban J connectivity index is 1.49. The quantitative estimate of drug-likeness (QED) is 0.279. The summed E-state index contributed by atoms with van der Waals surface area (Å²) in [5, 5.41) is 15.6. The third-order valence-electron chi connectivity index (χ3n) is 8.34. The number of hydrogen-bond acceptors (Lipinski definition) is 8. The fraction of sp³-hybridized carbons (Fsp3) is 0.472. The second kappa shape index (κ2) is 15.4. The normalized spacial score (nSPS) is 23.4. The standard InChI is InChI=1S/C36H46N2O7/c1-27-36(45-35(2,3)44-27,26-41-23-28-13-7-4-8-14-28)33(43-25-30-17-11-6-12-18-30)31(39)32(34(40)38-21-19-37-20-22-38)42-24-29-15-9-5-10-16-29/h4-18,27,31-33,37,39H,19-26H2,1-3H3/t27-,31-,32-,33+,36-/m1/s1. The first-order valence-corrected chi connectivity index (χ1v) is 15.8. The number of aliphatic hydroxyl groups is 1. The van der Waals surface area contributed by atoms with Crippen LogP contribution in [0.15, 0.2) is 91.0 Å². The molecule has 3 aromatic rings. The van der Waals surface area contributed by atoms with Crippen molar-refractivity contribution >= 4 is 5.91 Å². The van der Waals surface area contributed by atoms with Gasteiger partial charge in [-0.3, -0.25) is 4.79 Å². The van der Waals surface area contributed by atoms with E-state index in [-0.39, 0.29) is 25.7 Å². The molecule has 0 saturated carbocycles. The van der Waals surface area contributed by atoms with Gasteiger partial charge >= 0.3 is 0 Å². The van der Waals surface area contributed by atoms with Gasteiger partial charge < -0.3 is 39.0 Å². The fourth-order valence-corrected chi connectivity index (χ4v) is 6.10. The number of ether oxygens (including phenoxy) is 5. The molecule has 9 heteroatoms. The summed E-state index contributed by atoms with van der Waals surface area (Å²) in [6.45, 7) is 8.61. The molecule has 0 aromatic heterocycles. The zero-order chi connectivity index (χ0) is 31.7. The lowest BCUT2D eigenvalue weighted by Gasteiger charge is -2.43. The van der Waals surface area contributed by atoms with E-state index in [9.17, 15) is 9.90 Å². The van der Waals surface area contributed by atoms with Gasteiger partial charge in [-0.05, 0) is 37.5 Å². The van der Waals surface area contributed by atoms with Crippen molar-refractivity contribution in [3.63, 3.8) is 0 Å². The van der Waals surface area contributed by atoms with Crippen LogP contribution in [0.2, 0.25) is 0 Å². The van der Waals surface area contributed by atoms with E-state index in [1.807, 2.05) is 112 Å². The Morgan fingerprint density at radius 1 is 0.867 bits per heavy atom. The number of carbonyl (C=O) groups is 1. The van der Waals surface area contributed by atoms with Crippen molar-refractivity contribution in [3.8, 4) is 0 Å². The number of rotatable bonds is 14. The molecule has 0 spiro atoms. The fourth-order valence-electron chi connectivity index (χ4n) is 6.10. The van der Waals surface area contributed by atoms with Crippen LogP contribution < -0.4 is 5.32 Å². The van der Waals surface area contributed by atoms with Gasteiger partial charge in [0.05, 0.1) is 32.5 Å². The first-order valence-electron chi connectivity index (χ1n) is 15.8. The number of carbonyl (C=O) groups excluding carboxylic acids is 1. The highest BCUT2D eigenvalue weighted by Gasteiger charge is 2.60. The van der Waals surface area contributed by atoms with Crippen LogP contribution in [0.4, 0.5) is 0 Å². The SMILES string of the molecule is C[C@H]1OC(C)(C)O[C@@]1(COCc1ccccc1)[C@@H](OCc1ccccc1)[C@H](O)[C@@H](OCc1ccccc1)C(=O)N1CCNCC1. The molecule has 2 N–H and O–H groups in total. The predicted octanol–water partition coefficient (Wildman–Crippen LogP) is 4.08. The molecule has 0 bridgehead atoms. The number of amides is 1. The van der Waals surface area contributed by atoms with Crippen LogP contribution in [0, 0.1) is 0 Å². The lowest BCUT2D eigenvalue weighted by atomic mass is 9.85. The number of benzene rings is 3. The monoisotopic (exact) mass is 618 g/mol. The minimum absolute atomic E-state index is 0.0518. The van der Waals surface area contributed by atoms with Gasteiger partial charge in [0.2, 0.25) is 0 Å². The predicted molar refractivity (Wildman–Crippen MR) is 170 cm³/mol. The second-order valence-corrected chi connectivity index (χ2v) is 12.2. The average Bonchev–Trinajstić information content (AvgIpc) is 3.30. The lowest BCUT2D eigenvalue weighted by Crippen LogP contribution is -2.64. The summed E-state index contributed by atoms with van der Waals surface area (Å²) < 4.78 is 32.2. The molecule has 1 amide bonds. The maximum absolute atomic E-state index is 14.1. The summed E-state index contributed by atoms with van der Waals surface area (Å²) in [6, 6.07) is 29.2. The van der Waals surface area contributed by atoms with Gasteiger partial charge in [-0.15, -0.1) is 0 Å². The Morgan fingerprint density at radius 3 is 1.89 bits per heavy atom. The third-order valence-corrected chi connectivity index (χ3v) is 8.34. The Labute approximate surface area is 266 Å². The molecule has 5 atom stereocenters. The third kappa shape index (κ3) is 8.56. The molecular weight excluding hydrogens is 572 g/mol. The van der Waals surface area contributed by atoms with Crippen molar-refractivity contribution in [1.82, 2.24) is 10.2 Å². The summed E-state index contributed by atoms with van der Waals surface area (Å²) in [7, 11) is 0. The molecule has 0 radical (unpaired) electrons. The molecule has 9 nitrogen and oxygen atoms in total. The number of piperazine rings is 1. The van der Waals surface area contributed by atoms with Crippen LogP contribution in [0.1, 0.15) is 37.5 Å². The summed E-state index contributed by atoms with van der Waals surface area (Å²) in [5.41, 5.74) is 1.53. The van der Waals surface area contributed by atoms with Gasteiger partial charge in [0.25, 0.3) is 5.91 Å². The van der Waals surface area contributed by atoms with Crippen LogP contribution in [-0.2, 0) is 48.3 Å². The highest BCUT2D eigenvalue weighted by atomic mass is 16.8. The van der Waals surface area contributed by atoms with Gasteiger partial charge in [0.1, 0.15) is 17.8 Å². The maximum atomic E-state index is 14.1. The smallest absolute Gasteiger partial charge is 0.254 e. The highest BCUT2D eigenvalue weighted by Crippen LogP contribution is 2.42. The van der Waals surface area contributed by atoms with Gasteiger partial charge in [0.15, 0.2) is 11.9 Å². The van der Waals surface area contributed by atoms with E-state index in [0.717, 1.165) is 16.7 Å². The maximum Gasteiger partial charge on any atom is 0.254 e. The first kappa shape index (κ1) is 33.2. The van der Waals surface area contributed by atoms with Crippen molar-refractivity contribution < 1.29 is 33.6 Å². The van der Waals surface area contributed by atoms with Gasteiger partial charge in [-0.25, -0.2) is 0 Å². The molecule has 2 saturated heterocycles. The Hall–Kier alpha value is -3.15. The molecule has 2 aliphatic heterocycles. The molecule has 2 fully saturated rings. The first-order chi connectivity index (χ1) is 21.8. The summed E-state index contributed by atoms with van der Waals surface area (Å²) in [6.07, 6.45) is -4.25. The summed E-state index contributed by atoms with van der Waals surface area (Å²) in [5.74, 6) is -1.29. The van der Waals surface area contributed by atoms with E-state index in [1.54, 1.807) is 4.90 Å². The molecule has 2 aliphatic rings. The van der Waals surface area contributed by atoms with Crippen molar-refractivity contribution in [1.29, 1.82) is 0 Å². The van der Waals surface area contributed by atoms with E-state index in [0.29, 0.717) is 32.8 Å². The van der Waals surface area contributed by atoms with Crippen LogP contribution in [0.3, 0.4) is 0 Å². The van der Waals surface area contributed by atoms with Gasteiger partial charge in [-0.1, -0.05) is 91.0 Å². The van der Waals surface area contributed by atoms with Gasteiger partial charge in [0, 0.05) is 26.2 Å². The van der Waals surface area contributed by atoms with E-state index in [1.165, 1.54) is 0 Å². The molecule has 5 rings (SSSR count). The number of nitrogens with zero attached hydrogens (tertiary/aromatic N) is 1. The van der Waals surface area contributed by atoms with Gasteiger partial charge in [-0.2, -0.15) is 0 Å². The molecule has 3 aromatic carbocycles. The second-order valence-electron chi connectivity index (χ2n) is 12.2. The zero-order valence-corrected chi connectivity index (χ0v) is 26.5. The molecule has 0 aliphatic carbocycles. The highest BCUT2D eigenvalue weighted by molar-refractivity contribution is 5.82.